The van der Waals surface area contributed by atoms with E-state index in [4.69, 9.17) is 23.7 Å². The number of aryl methyl sites for hydroxylation is 1. The quantitative estimate of drug-likeness (QED) is 0.151. The predicted octanol–water partition coefficient (Wildman–Crippen LogP) is 3.47. The van der Waals surface area contributed by atoms with Crippen molar-refractivity contribution in [2.24, 2.45) is 0 Å². The third kappa shape index (κ3) is 4.39. The highest BCUT2D eigenvalue weighted by Gasteiger charge is 2.73. The molecule has 2 fully saturated rings. The van der Waals surface area contributed by atoms with E-state index < -0.39 is 58.2 Å². The smallest absolute Gasteiger partial charge is 0.334 e. The fourth-order valence-corrected chi connectivity index (χ4v) is 13.7. The van der Waals surface area contributed by atoms with E-state index in [-0.39, 0.29) is 50.0 Å². The number of fused-ring (bicyclic) bond motifs is 6. The SMILES string of the molecule is COc1c(C)cc2c(c1O)C1[C@@H]3[C@@H]4SC[C@]5(N[C@H](CO)Cc6c5[nH]c5ccccc65)C(=O)OC45C[C@@H](c4c6c(c(C)c(OC(C)=O)c45)OCO6)N3C(O)(C2)CN1C. The number of carbonyl (C=O) groups is 2. The Morgan fingerprint density at radius 2 is 1.93 bits per heavy atom. The normalized spacial score (nSPS) is 33.2. The summed E-state index contributed by atoms with van der Waals surface area (Å²) in [6.45, 7) is 5.03. The summed E-state index contributed by atoms with van der Waals surface area (Å²) in [4.78, 5) is 36.4. The number of hydrogen-bond donors (Lipinski definition) is 5. The average Bonchev–Trinajstić information content (AvgIpc) is 3.81. The Balaban J connectivity index is 1.20. The number of aromatic amines is 1. The fourth-order valence-electron chi connectivity index (χ4n) is 11.9. The molecule has 7 aliphatic heterocycles. The number of nitrogens with zero attached hydrogens (tertiary/aromatic N) is 2. The van der Waals surface area contributed by atoms with Crippen molar-refractivity contribution in [1.82, 2.24) is 20.1 Å². The molecule has 12 rings (SSSR count). The number of piperidine rings is 1. The third-order valence-corrected chi connectivity index (χ3v) is 15.4. The van der Waals surface area contributed by atoms with Crippen LogP contribution in [0.3, 0.4) is 0 Å². The Morgan fingerprint density at radius 3 is 2.70 bits per heavy atom. The van der Waals surface area contributed by atoms with Gasteiger partial charge in [-0.05, 0) is 50.1 Å². The van der Waals surface area contributed by atoms with Crippen LogP contribution in [0, 0.1) is 13.8 Å². The van der Waals surface area contributed by atoms with Crippen LogP contribution in [0.2, 0.25) is 0 Å². The maximum absolute atomic E-state index is 15.6. The number of aliphatic hydroxyl groups excluding tert-OH is 1. The summed E-state index contributed by atoms with van der Waals surface area (Å²) < 4.78 is 31.5. The number of aliphatic hydroxyl groups is 2. The minimum Gasteiger partial charge on any atom is -0.504 e. The van der Waals surface area contributed by atoms with E-state index in [1.54, 1.807) is 11.8 Å². The second-order valence-electron chi connectivity index (χ2n) is 16.9. The molecule has 2 spiro atoms. The van der Waals surface area contributed by atoms with Crippen LogP contribution in [0.25, 0.3) is 10.9 Å². The fraction of sp³-hybridized carbons (Fsp3) is 0.476. The van der Waals surface area contributed by atoms with Crippen LogP contribution in [0.4, 0.5) is 0 Å². The van der Waals surface area contributed by atoms with Gasteiger partial charge in [0.05, 0.1) is 30.7 Å². The number of aromatic hydroxyl groups is 1. The third-order valence-electron chi connectivity index (χ3n) is 13.7. The number of phenolic OH excluding ortho intramolecular Hbond substituents is 1. The summed E-state index contributed by atoms with van der Waals surface area (Å²) in [6, 6.07) is 7.80. The molecule has 0 radical (unpaired) electrons. The Morgan fingerprint density at radius 1 is 1.14 bits per heavy atom. The minimum absolute atomic E-state index is 0.0172. The molecule has 5 N–H and O–H groups in total. The molecule has 14 nitrogen and oxygen atoms in total. The molecule has 15 heteroatoms. The molecule has 8 heterocycles. The lowest BCUT2D eigenvalue weighted by Crippen LogP contribution is -2.72. The van der Waals surface area contributed by atoms with E-state index in [0.29, 0.717) is 51.6 Å². The monoisotopic (exact) mass is 796 g/mol. The number of piperazine rings is 1. The zero-order valence-electron chi connectivity index (χ0n) is 32.2. The first-order chi connectivity index (χ1) is 27.4. The van der Waals surface area contributed by atoms with Crippen LogP contribution in [0.1, 0.15) is 70.1 Å². The van der Waals surface area contributed by atoms with Gasteiger partial charge in [-0.3, -0.25) is 19.9 Å². The summed E-state index contributed by atoms with van der Waals surface area (Å²) >= 11 is 1.56. The first-order valence-corrected chi connectivity index (χ1v) is 20.5. The summed E-state index contributed by atoms with van der Waals surface area (Å²) in [5.74, 6) is 0.682. The average molecular weight is 797 g/mol. The van der Waals surface area contributed by atoms with E-state index in [1.807, 2.05) is 51.2 Å². The molecule has 4 bridgehead atoms. The lowest BCUT2D eigenvalue weighted by atomic mass is 9.77. The number of likely N-dealkylation sites (N-methyl/N-ethyl adjacent to an activating group) is 1. The lowest BCUT2D eigenvalue weighted by molar-refractivity contribution is -0.234. The number of hydrogen-bond acceptors (Lipinski definition) is 14. The standard InChI is InChI=1S/C42H44N4O10S/c1-18-10-21-12-40(51)15-45(4)30(27(21)32(49)33(18)52-5)31-38-42(13-26(46(31)40)28-29(42)34(55-20(3)48)19(2)35-36(28)54-17-53-35)56-39(50)41(16-57-38)37-24(11-22(14-47)44-41)23-8-6-7-9-25(23)43-37/h6-10,22,26,30-31,38,43-44,47,49,51H,11-17H2,1-5H3/t22-,26-,30?,31+,38-,40?,41+,42?/m0/s1. The molecule has 3 unspecified atom stereocenters. The van der Waals surface area contributed by atoms with Gasteiger partial charge in [0, 0.05) is 83.3 Å². The number of para-hydroxylation sites is 1. The molecule has 57 heavy (non-hydrogen) atoms. The molecule has 0 amide bonds. The van der Waals surface area contributed by atoms with Crippen molar-refractivity contribution in [3.8, 4) is 28.7 Å². The molecule has 4 aromatic rings. The van der Waals surface area contributed by atoms with Crippen LogP contribution in [0.5, 0.6) is 28.7 Å². The number of carbonyl (C=O) groups excluding carboxylic acids is 2. The predicted molar refractivity (Wildman–Crippen MR) is 207 cm³/mol. The number of nitrogens with one attached hydrogen (secondary N) is 2. The van der Waals surface area contributed by atoms with Gasteiger partial charge in [-0.15, -0.1) is 11.8 Å². The van der Waals surface area contributed by atoms with E-state index in [9.17, 15) is 20.1 Å². The molecule has 1 aromatic heterocycles. The van der Waals surface area contributed by atoms with Crippen molar-refractivity contribution in [3.63, 3.8) is 0 Å². The van der Waals surface area contributed by atoms with Crippen molar-refractivity contribution < 1.29 is 48.6 Å². The Labute approximate surface area is 332 Å². The van der Waals surface area contributed by atoms with Gasteiger partial charge in [-0.1, -0.05) is 24.3 Å². The molecular formula is C42H44N4O10S. The maximum atomic E-state index is 15.6. The zero-order valence-corrected chi connectivity index (χ0v) is 33.0. The first-order valence-electron chi connectivity index (χ1n) is 19.4. The number of esters is 2. The number of rotatable bonds is 3. The largest absolute Gasteiger partial charge is 0.504 e. The van der Waals surface area contributed by atoms with E-state index >= 15 is 4.79 Å². The second kappa shape index (κ2) is 11.8. The zero-order chi connectivity index (χ0) is 39.5. The van der Waals surface area contributed by atoms with Crippen molar-refractivity contribution in [1.29, 1.82) is 0 Å². The van der Waals surface area contributed by atoms with Gasteiger partial charge >= 0.3 is 11.9 Å². The van der Waals surface area contributed by atoms with E-state index in [1.165, 1.54) is 14.0 Å². The number of ether oxygens (including phenoxy) is 5. The molecule has 0 saturated carbocycles. The number of benzene rings is 3. The van der Waals surface area contributed by atoms with Gasteiger partial charge in [0.2, 0.25) is 6.79 Å². The summed E-state index contributed by atoms with van der Waals surface area (Å²) in [5, 5.41) is 40.0. The molecule has 8 atom stereocenters. The van der Waals surface area contributed by atoms with Crippen LogP contribution in [0.15, 0.2) is 30.3 Å². The van der Waals surface area contributed by atoms with Gasteiger partial charge in [-0.25, -0.2) is 4.79 Å². The highest BCUT2D eigenvalue weighted by molar-refractivity contribution is 8.00. The van der Waals surface area contributed by atoms with Gasteiger partial charge in [0.15, 0.2) is 34.1 Å². The molecule has 2 saturated heterocycles. The first kappa shape index (κ1) is 35.6. The van der Waals surface area contributed by atoms with Crippen molar-refractivity contribution in [2.75, 3.05) is 39.9 Å². The van der Waals surface area contributed by atoms with Gasteiger partial charge < -0.3 is 44.0 Å². The highest BCUT2D eigenvalue weighted by Crippen LogP contribution is 2.71. The topological polar surface area (TPSA) is 175 Å². The molecule has 3 aromatic carbocycles. The summed E-state index contributed by atoms with van der Waals surface area (Å²) in [6.07, 6.45) is 0.943. The number of H-pyrrole nitrogens is 1. The highest BCUT2D eigenvalue weighted by atomic mass is 32.2. The molecular weight excluding hydrogens is 753 g/mol. The minimum atomic E-state index is -1.46. The lowest BCUT2D eigenvalue weighted by Gasteiger charge is -2.61. The van der Waals surface area contributed by atoms with Gasteiger partial charge in [0.25, 0.3) is 0 Å². The van der Waals surface area contributed by atoms with Crippen LogP contribution < -0.4 is 24.3 Å². The van der Waals surface area contributed by atoms with Crippen molar-refractivity contribution >= 4 is 34.6 Å². The van der Waals surface area contributed by atoms with Crippen molar-refractivity contribution in [2.45, 2.75) is 86.3 Å². The number of aromatic nitrogens is 1. The number of thioether (sulfide) groups is 1. The summed E-state index contributed by atoms with van der Waals surface area (Å²) in [7, 11) is 3.49. The van der Waals surface area contributed by atoms with Crippen molar-refractivity contribution in [3.05, 3.63) is 75.0 Å². The van der Waals surface area contributed by atoms with Gasteiger partial charge in [-0.2, -0.15) is 0 Å². The Hall–Kier alpha value is -4.51. The Kier molecular flexibility index (Phi) is 7.37. The maximum Gasteiger partial charge on any atom is 0.334 e. The molecule has 8 aliphatic rings. The number of methoxy groups -OCH3 is 1. The van der Waals surface area contributed by atoms with Crippen LogP contribution in [-0.2, 0) is 38.3 Å². The number of phenols is 1. The van der Waals surface area contributed by atoms with Crippen LogP contribution in [-0.4, -0.2) is 105 Å². The summed E-state index contributed by atoms with van der Waals surface area (Å²) in [5.41, 5.74) is 2.16. The van der Waals surface area contributed by atoms with Gasteiger partial charge in [0.1, 0.15) is 11.5 Å². The van der Waals surface area contributed by atoms with E-state index in [2.05, 4.69) is 20.1 Å². The van der Waals surface area contributed by atoms with Crippen LogP contribution >= 0.6 is 11.8 Å². The van der Waals surface area contributed by atoms with E-state index in [0.717, 1.165) is 27.6 Å². The second-order valence-corrected chi connectivity index (χ2v) is 18.0. The Bertz CT molecular complexity index is 2470. The molecule has 298 valence electrons. The molecule has 1 aliphatic carbocycles.